The van der Waals surface area contributed by atoms with Gasteiger partial charge in [0.2, 0.25) is 5.91 Å². The van der Waals surface area contributed by atoms with E-state index >= 15 is 0 Å². The lowest BCUT2D eigenvalue weighted by atomic mass is 9.87. The van der Waals surface area contributed by atoms with Gasteiger partial charge < -0.3 is 10.1 Å². The lowest BCUT2D eigenvalue weighted by Crippen LogP contribution is -2.33. The van der Waals surface area contributed by atoms with Crippen molar-refractivity contribution in [3.8, 4) is 11.5 Å². The Morgan fingerprint density at radius 1 is 0.926 bits per heavy atom. The highest BCUT2D eigenvalue weighted by atomic mass is 19.2. The van der Waals surface area contributed by atoms with Crippen LogP contribution in [0.5, 0.6) is 11.5 Å². The third-order valence-electron chi connectivity index (χ3n) is 4.74. The van der Waals surface area contributed by atoms with Gasteiger partial charge in [-0.2, -0.15) is 0 Å². The van der Waals surface area contributed by atoms with Gasteiger partial charge in [0.15, 0.2) is 11.6 Å². The number of rotatable bonds is 3. The molecule has 3 aromatic carbocycles. The maximum Gasteiger partial charge on any atom is 0.232 e. The lowest BCUT2D eigenvalue weighted by Gasteiger charge is -2.28. The van der Waals surface area contributed by atoms with Crippen molar-refractivity contribution in [3.63, 3.8) is 0 Å². The van der Waals surface area contributed by atoms with Gasteiger partial charge in [-0.1, -0.05) is 42.5 Å². The van der Waals surface area contributed by atoms with E-state index in [9.17, 15) is 13.6 Å². The summed E-state index contributed by atoms with van der Waals surface area (Å²) in [5, 5.41) is 2.91. The Hall–Kier alpha value is -3.21. The van der Waals surface area contributed by atoms with Crippen LogP contribution in [0.2, 0.25) is 0 Å². The van der Waals surface area contributed by atoms with Gasteiger partial charge in [-0.05, 0) is 36.8 Å². The molecule has 27 heavy (non-hydrogen) atoms. The molecular formula is C22H17F2NO2. The molecule has 1 amide bonds. The molecule has 0 unspecified atom stereocenters. The topological polar surface area (TPSA) is 38.3 Å². The largest absolute Gasteiger partial charge is 0.457 e. The maximum absolute atomic E-state index is 13.5. The van der Waals surface area contributed by atoms with Crippen LogP contribution in [0, 0.1) is 11.6 Å². The molecule has 1 heterocycles. The molecule has 136 valence electrons. The van der Waals surface area contributed by atoms with E-state index in [4.69, 9.17) is 4.74 Å². The van der Waals surface area contributed by atoms with Crippen molar-refractivity contribution in [1.82, 2.24) is 5.32 Å². The van der Waals surface area contributed by atoms with Gasteiger partial charge in [-0.15, -0.1) is 0 Å². The molecule has 0 fully saturated rings. The fourth-order valence-electron chi connectivity index (χ4n) is 3.35. The van der Waals surface area contributed by atoms with Crippen molar-refractivity contribution in [2.45, 2.75) is 18.9 Å². The number of hydrogen-bond donors (Lipinski definition) is 1. The maximum atomic E-state index is 13.5. The first-order valence-electron chi connectivity index (χ1n) is 8.65. The monoisotopic (exact) mass is 365 g/mol. The highest BCUT2D eigenvalue weighted by Gasteiger charge is 2.33. The predicted octanol–water partition coefficient (Wildman–Crippen LogP) is 5.08. The second-order valence-corrected chi connectivity index (χ2v) is 6.51. The molecule has 0 bridgehead atoms. The zero-order valence-corrected chi connectivity index (χ0v) is 14.6. The summed E-state index contributed by atoms with van der Waals surface area (Å²) in [6, 6.07) is 17.9. The third kappa shape index (κ3) is 3.16. The van der Waals surface area contributed by atoms with Crippen LogP contribution in [0.3, 0.4) is 0 Å². The number of benzene rings is 3. The van der Waals surface area contributed by atoms with Crippen molar-refractivity contribution >= 4 is 5.91 Å². The van der Waals surface area contributed by atoms with E-state index in [-0.39, 0.29) is 5.91 Å². The van der Waals surface area contributed by atoms with E-state index in [0.29, 0.717) is 17.1 Å². The average Bonchev–Trinajstić information content (AvgIpc) is 2.67. The summed E-state index contributed by atoms with van der Waals surface area (Å²) in [5.41, 5.74) is 2.04. The first-order valence-corrected chi connectivity index (χ1v) is 8.65. The second-order valence-electron chi connectivity index (χ2n) is 6.51. The van der Waals surface area contributed by atoms with Crippen molar-refractivity contribution in [3.05, 3.63) is 95.1 Å². The summed E-state index contributed by atoms with van der Waals surface area (Å²) in [4.78, 5) is 13.1. The Morgan fingerprint density at radius 3 is 2.11 bits per heavy atom. The molecular weight excluding hydrogens is 348 g/mol. The number of ether oxygens (including phenoxy) is 1. The molecule has 1 N–H and O–H groups in total. The van der Waals surface area contributed by atoms with Crippen LogP contribution in [0.4, 0.5) is 8.78 Å². The van der Waals surface area contributed by atoms with Crippen LogP contribution in [-0.4, -0.2) is 5.91 Å². The van der Waals surface area contributed by atoms with Crippen LogP contribution < -0.4 is 10.1 Å². The average molecular weight is 365 g/mol. The van der Waals surface area contributed by atoms with E-state index < -0.39 is 23.6 Å². The van der Waals surface area contributed by atoms with Crippen molar-refractivity contribution in [1.29, 1.82) is 0 Å². The number of fused-ring (bicyclic) bond motifs is 2. The zero-order valence-electron chi connectivity index (χ0n) is 14.6. The number of halogens is 2. The van der Waals surface area contributed by atoms with Crippen molar-refractivity contribution in [2.24, 2.45) is 0 Å². The standard InChI is InChI=1S/C22H17F2NO2/c1-13(14-10-11-17(23)18(24)12-14)25-22(26)21-15-6-2-4-8-19(15)27-20-9-5-3-7-16(20)21/h2-13,21H,1H3,(H,25,26)/t13-/m0/s1. The highest BCUT2D eigenvalue weighted by molar-refractivity contribution is 5.89. The van der Waals surface area contributed by atoms with Gasteiger partial charge in [-0.25, -0.2) is 8.78 Å². The first-order chi connectivity index (χ1) is 13.0. The molecule has 0 spiro atoms. The first kappa shape index (κ1) is 17.2. The molecule has 4 rings (SSSR count). The molecule has 0 aromatic heterocycles. The number of amides is 1. The van der Waals surface area contributed by atoms with Crippen LogP contribution in [0.1, 0.15) is 35.6 Å². The Morgan fingerprint density at radius 2 is 1.52 bits per heavy atom. The normalized spacial score (nSPS) is 13.9. The molecule has 5 heteroatoms. The Kier molecular flexibility index (Phi) is 4.36. The Balaban J connectivity index is 1.66. The second kappa shape index (κ2) is 6.83. The Labute approximate surface area is 155 Å². The summed E-state index contributed by atoms with van der Waals surface area (Å²) in [6.45, 7) is 1.74. The van der Waals surface area contributed by atoms with Gasteiger partial charge in [0.1, 0.15) is 11.5 Å². The van der Waals surface area contributed by atoms with Gasteiger partial charge >= 0.3 is 0 Å². The van der Waals surface area contributed by atoms with Crippen LogP contribution >= 0.6 is 0 Å². The number of carbonyl (C=O) groups is 1. The van der Waals surface area contributed by atoms with E-state index in [0.717, 1.165) is 23.3 Å². The number of hydrogen-bond acceptors (Lipinski definition) is 2. The third-order valence-corrected chi connectivity index (χ3v) is 4.74. The molecule has 3 aromatic rings. The SMILES string of the molecule is C[C@H](NC(=O)C1c2ccccc2Oc2ccccc21)c1ccc(F)c(F)c1. The minimum Gasteiger partial charge on any atom is -0.457 e. The van der Waals surface area contributed by atoms with E-state index in [1.54, 1.807) is 6.92 Å². The van der Waals surface area contributed by atoms with Crippen molar-refractivity contribution < 1.29 is 18.3 Å². The van der Waals surface area contributed by atoms with Crippen LogP contribution in [0.15, 0.2) is 66.7 Å². The fraction of sp³-hybridized carbons (Fsp3) is 0.136. The molecule has 0 saturated heterocycles. The quantitative estimate of drug-likeness (QED) is 0.703. The lowest BCUT2D eigenvalue weighted by molar-refractivity contribution is -0.122. The van der Waals surface area contributed by atoms with E-state index in [1.807, 2.05) is 48.5 Å². The van der Waals surface area contributed by atoms with Gasteiger partial charge in [0.05, 0.1) is 12.0 Å². The van der Waals surface area contributed by atoms with Crippen LogP contribution in [0.25, 0.3) is 0 Å². The molecule has 1 atom stereocenters. The van der Waals surface area contributed by atoms with Crippen LogP contribution in [-0.2, 0) is 4.79 Å². The number of nitrogens with one attached hydrogen (secondary N) is 1. The summed E-state index contributed by atoms with van der Waals surface area (Å²) >= 11 is 0. The summed E-state index contributed by atoms with van der Waals surface area (Å²) in [5.74, 6) is -1.34. The number of carbonyl (C=O) groups excluding carboxylic acids is 1. The van der Waals surface area contributed by atoms with Gasteiger partial charge in [0.25, 0.3) is 0 Å². The van der Waals surface area contributed by atoms with E-state index in [2.05, 4.69) is 5.32 Å². The van der Waals surface area contributed by atoms with Crippen molar-refractivity contribution in [2.75, 3.05) is 0 Å². The smallest absolute Gasteiger partial charge is 0.232 e. The summed E-state index contributed by atoms with van der Waals surface area (Å²) in [7, 11) is 0. The molecule has 3 nitrogen and oxygen atoms in total. The van der Waals surface area contributed by atoms with E-state index in [1.165, 1.54) is 6.07 Å². The summed E-state index contributed by atoms with van der Waals surface area (Å²) in [6.07, 6.45) is 0. The fourth-order valence-corrected chi connectivity index (χ4v) is 3.35. The molecule has 0 saturated carbocycles. The summed E-state index contributed by atoms with van der Waals surface area (Å²) < 4.78 is 32.6. The van der Waals surface area contributed by atoms with Gasteiger partial charge in [0, 0.05) is 11.1 Å². The number of para-hydroxylation sites is 2. The molecule has 0 radical (unpaired) electrons. The zero-order chi connectivity index (χ0) is 19.0. The molecule has 1 aliphatic heterocycles. The minimum absolute atomic E-state index is 0.226. The molecule has 1 aliphatic rings. The highest BCUT2D eigenvalue weighted by Crippen LogP contribution is 2.44. The molecule has 0 aliphatic carbocycles. The predicted molar refractivity (Wildman–Crippen MR) is 97.7 cm³/mol. The Bertz CT molecular complexity index is 973. The van der Waals surface area contributed by atoms with Gasteiger partial charge in [-0.3, -0.25) is 4.79 Å². The minimum atomic E-state index is -0.935.